The van der Waals surface area contributed by atoms with Crippen LogP contribution in [-0.4, -0.2) is 58.7 Å². The molecule has 2 aliphatic heterocycles. The van der Waals surface area contributed by atoms with Crippen molar-refractivity contribution < 1.29 is 27.6 Å². The van der Waals surface area contributed by atoms with Crippen LogP contribution in [0.15, 0.2) is 42.6 Å². The van der Waals surface area contributed by atoms with Gasteiger partial charge in [-0.1, -0.05) is 12.1 Å². The molecule has 32 heavy (non-hydrogen) atoms. The summed E-state index contributed by atoms with van der Waals surface area (Å²) in [5.74, 6) is -0.0727. The van der Waals surface area contributed by atoms with E-state index in [4.69, 9.17) is 0 Å². The first-order chi connectivity index (χ1) is 15.2. The number of hydrogen-bond donors (Lipinski definition) is 0. The van der Waals surface area contributed by atoms with Crippen molar-refractivity contribution in [2.75, 3.05) is 31.1 Å². The van der Waals surface area contributed by atoms with Crippen molar-refractivity contribution in [3.63, 3.8) is 0 Å². The predicted molar refractivity (Wildman–Crippen MR) is 109 cm³/mol. The molecule has 2 saturated heterocycles. The first-order valence-electron chi connectivity index (χ1n) is 10.2. The Morgan fingerprint density at radius 3 is 2.06 bits per heavy atom. The summed E-state index contributed by atoms with van der Waals surface area (Å²) in [6, 6.07) is 9.15. The molecule has 0 spiro atoms. The third kappa shape index (κ3) is 4.58. The van der Waals surface area contributed by atoms with Crippen molar-refractivity contribution in [2.45, 2.75) is 25.6 Å². The number of carbonyl (C=O) groups is 3. The Morgan fingerprint density at radius 1 is 0.906 bits per heavy atom. The molecule has 1 aromatic carbocycles. The SMILES string of the molecule is O=C(c1ccc(CN2C(=O)CCC2=O)cc1)N1CCN(c2ccc(C(F)(F)F)cn2)CC1. The van der Waals surface area contributed by atoms with E-state index >= 15 is 0 Å². The van der Waals surface area contributed by atoms with Gasteiger partial charge in [0.1, 0.15) is 5.82 Å². The zero-order chi connectivity index (χ0) is 22.9. The number of benzene rings is 1. The second kappa shape index (κ2) is 8.60. The molecule has 3 amide bonds. The first-order valence-corrected chi connectivity index (χ1v) is 10.2. The molecule has 2 fully saturated rings. The van der Waals surface area contributed by atoms with Gasteiger partial charge >= 0.3 is 6.18 Å². The van der Waals surface area contributed by atoms with E-state index in [1.807, 2.05) is 4.90 Å². The summed E-state index contributed by atoms with van der Waals surface area (Å²) in [5.41, 5.74) is 0.467. The normalized spacial score (nSPS) is 17.3. The van der Waals surface area contributed by atoms with E-state index in [2.05, 4.69) is 4.98 Å². The highest BCUT2D eigenvalue weighted by Crippen LogP contribution is 2.29. The Kier molecular flexibility index (Phi) is 5.86. The van der Waals surface area contributed by atoms with E-state index < -0.39 is 11.7 Å². The average Bonchev–Trinajstić information content (AvgIpc) is 3.11. The van der Waals surface area contributed by atoms with E-state index in [1.165, 1.54) is 11.0 Å². The van der Waals surface area contributed by atoms with Crippen molar-refractivity contribution >= 4 is 23.5 Å². The number of piperazine rings is 1. The second-order valence-corrected chi connectivity index (χ2v) is 7.75. The second-order valence-electron chi connectivity index (χ2n) is 7.75. The maximum absolute atomic E-state index is 12.8. The largest absolute Gasteiger partial charge is 0.417 e. The quantitative estimate of drug-likeness (QED) is 0.676. The Morgan fingerprint density at radius 2 is 1.53 bits per heavy atom. The Balaban J connectivity index is 1.33. The molecule has 2 aliphatic rings. The molecular weight excluding hydrogens is 425 g/mol. The molecule has 0 unspecified atom stereocenters. The van der Waals surface area contributed by atoms with Crippen molar-refractivity contribution in [3.05, 3.63) is 59.3 Å². The predicted octanol–water partition coefficient (Wildman–Crippen LogP) is 2.71. The number of nitrogens with zero attached hydrogens (tertiary/aromatic N) is 4. The Labute approximate surface area is 182 Å². The number of rotatable bonds is 4. The summed E-state index contributed by atoms with van der Waals surface area (Å²) in [7, 11) is 0. The number of likely N-dealkylation sites (tertiary alicyclic amines) is 1. The van der Waals surface area contributed by atoms with Gasteiger partial charge in [-0.3, -0.25) is 19.3 Å². The lowest BCUT2D eigenvalue weighted by Crippen LogP contribution is -2.49. The van der Waals surface area contributed by atoms with Crippen LogP contribution in [0.2, 0.25) is 0 Å². The zero-order valence-electron chi connectivity index (χ0n) is 17.1. The number of carbonyl (C=O) groups excluding carboxylic acids is 3. The fraction of sp³-hybridized carbons (Fsp3) is 0.364. The maximum atomic E-state index is 12.8. The van der Waals surface area contributed by atoms with Gasteiger partial charge in [0.05, 0.1) is 12.1 Å². The third-order valence-electron chi connectivity index (χ3n) is 5.66. The van der Waals surface area contributed by atoms with Gasteiger partial charge in [0.2, 0.25) is 11.8 Å². The fourth-order valence-electron chi connectivity index (χ4n) is 3.80. The van der Waals surface area contributed by atoms with Crippen LogP contribution in [0.3, 0.4) is 0 Å². The van der Waals surface area contributed by atoms with Crippen LogP contribution >= 0.6 is 0 Å². The number of hydrogen-bond acceptors (Lipinski definition) is 5. The molecule has 0 atom stereocenters. The lowest BCUT2D eigenvalue weighted by atomic mass is 10.1. The molecule has 0 bridgehead atoms. The molecule has 2 aromatic rings. The minimum atomic E-state index is -4.42. The number of pyridine rings is 1. The summed E-state index contributed by atoms with van der Waals surface area (Å²) < 4.78 is 38.1. The summed E-state index contributed by atoms with van der Waals surface area (Å²) in [5, 5.41) is 0. The van der Waals surface area contributed by atoms with E-state index in [0.29, 0.717) is 37.6 Å². The van der Waals surface area contributed by atoms with Crippen molar-refractivity contribution in [1.82, 2.24) is 14.8 Å². The van der Waals surface area contributed by atoms with Crippen LogP contribution in [-0.2, 0) is 22.3 Å². The highest BCUT2D eigenvalue weighted by molar-refractivity contribution is 6.01. The molecule has 0 radical (unpaired) electrons. The molecule has 0 N–H and O–H groups in total. The lowest BCUT2D eigenvalue weighted by Gasteiger charge is -2.35. The van der Waals surface area contributed by atoms with Gasteiger partial charge < -0.3 is 9.80 Å². The fourth-order valence-corrected chi connectivity index (χ4v) is 3.80. The molecule has 0 aliphatic carbocycles. The molecule has 10 heteroatoms. The standard InChI is InChI=1S/C22H21F3N4O3/c23-22(24,25)17-5-6-18(26-13-17)27-9-11-28(12-10-27)21(32)16-3-1-15(2-4-16)14-29-19(30)7-8-20(29)31/h1-6,13H,7-12,14H2. The number of halogens is 3. The number of amides is 3. The van der Waals surface area contributed by atoms with Gasteiger partial charge in [0.15, 0.2) is 0 Å². The van der Waals surface area contributed by atoms with Gasteiger partial charge in [0.25, 0.3) is 5.91 Å². The molecular formula is C22H21F3N4O3. The average molecular weight is 446 g/mol. The van der Waals surface area contributed by atoms with Crippen LogP contribution < -0.4 is 4.90 Å². The van der Waals surface area contributed by atoms with Gasteiger partial charge in [0, 0.05) is 50.8 Å². The van der Waals surface area contributed by atoms with E-state index in [9.17, 15) is 27.6 Å². The molecule has 0 saturated carbocycles. The van der Waals surface area contributed by atoms with Gasteiger partial charge in [-0.25, -0.2) is 4.98 Å². The van der Waals surface area contributed by atoms with E-state index in [1.54, 1.807) is 29.2 Å². The van der Waals surface area contributed by atoms with Crippen molar-refractivity contribution in [2.24, 2.45) is 0 Å². The molecule has 1 aromatic heterocycles. The molecule has 7 nitrogen and oxygen atoms in total. The van der Waals surface area contributed by atoms with Crippen molar-refractivity contribution in [1.29, 1.82) is 0 Å². The number of imide groups is 1. The highest BCUT2D eigenvalue weighted by atomic mass is 19.4. The maximum Gasteiger partial charge on any atom is 0.417 e. The van der Waals surface area contributed by atoms with Crippen molar-refractivity contribution in [3.8, 4) is 0 Å². The van der Waals surface area contributed by atoms with E-state index in [0.717, 1.165) is 17.8 Å². The highest BCUT2D eigenvalue weighted by Gasteiger charge is 2.31. The Hall–Kier alpha value is -3.43. The van der Waals surface area contributed by atoms with Gasteiger partial charge in [-0.15, -0.1) is 0 Å². The van der Waals surface area contributed by atoms with Crippen LogP contribution in [0.5, 0.6) is 0 Å². The lowest BCUT2D eigenvalue weighted by molar-refractivity contribution is -0.139. The Bertz CT molecular complexity index is 998. The summed E-state index contributed by atoms with van der Waals surface area (Å²) in [6.07, 6.45) is -3.13. The third-order valence-corrected chi connectivity index (χ3v) is 5.66. The van der Waals surface area contributed by atoms with Crippen LogP contribution in [0.1, 0.15) is 34.3 Å². The molecule has 168 valence electrons. The number of alkyl halides is 3. The summed E-state index contributed by atoms with van der Waals surface area (Å²) >= 11 is 0. The van der Waals surface area contributed by atoms with Crippen LogP contribution in [0, 0.1) is 0 Å². The summed E-state index contributed by atoms with van der Waals surface area (Å²) in [4.78, 5) is 45.0. The number of anilines is 1. The minimum absolute atomic E-state index is 0.148. The smallest absolute Gasteiger partial charge is 0.353 e. The number of aromatic nitrogens is 1. The topological polar surface area (TPSA) is 73.8 Å². The molecule has 3 heterocycles. The van der Waals surface area contributed by atoms with Gasteiger partial charge in [-0.2, -0.15) is 13.2 Å². The minimum Gasteiger partial charge on any atom is -0.353 e. The van der Waals surface area contributed by atoms with E-state index in [-0.39, 0.29) is 37.1 Å². The zero-order valence-corrected chi connectivity index (χ0v) is 17.1. The summed E-state index contributed by atoms with van der Waals surface area (Å²) in [6.45, 7) is 1.95. The monoisotopic (exact) mass is 446 g/mol. The van der Waals surface area contributed by atoms with Crippen LogP contribution in [0.4, 0.5) is 19.0 Å². The van der Waals surface area contributed by atoms with Crippen LogP contribution in [0.25, 0.3) is 0 Å². The van der Waals surface area contributed by atoms with Gasteiger partial charge in [-0.05, 0) is 29.8 Å². The first kappa shape index (κ1) is 21.8. The molecule has 4 rings (SSSR count).